The second-order valence-corrected chi connectivity index (χ2v) is 4.05. The second-order valence-electron chi connectivity index (χ2n) is 4.05. The van der Waals surface area contributed by atoms with Crippen molar-refractivity contribution in [2.24, 2.45) is 7.05 Å². The quantitative estimate of drug-likeness (QED) is 0.670. The van der Waals surface area contributed by atoms with Crippen LogP contribution in [0.4, 0.5) is 0 Å². The maximum Gasteiger partial charge on any atom is 0.0651 e. The number of hydrogen-bond donors (Lipinski definition) is 0. The summed E-state index contributed by atoms with van der Waals surface area (Å²) in [4.78, 5) is 2.34. The maximum absolute atomic E-state index is 4.37. The van der Waals surface area contributed by atoms with E-state index in [1.807, 2.05) is 18.7 Å². The van der Waals surface area contributed by atoms with Crippen LogP contribution < -0.4 is 0 Å². The number of hydrogen-bond acceptors (Lipinski definition) is 2. The Hall–Kier alpha value is -1.09. The van der Waals surface area contributed by atoms with Crippen molar-refractivity contribution < 1.29 is 0 Å². The third-order valence-electron chi connectivity index (χ3n) is 2.67. The molecule has 0 aromatic carbocycles. The number of aromatic nitrogens is 2. The molecule has 1 aromatic rings. The predicted molar refractivity (Wildman–Crippen MR) is 58.0 cm³/mol. The van der Waals surface area contributed by atoms with E-state index in [2.05, 4.69) is 29.2 Å². The molecular formula is C11H17N3. The molecule has 0 spiro atoms. The van der Waals surface area contributed by atoms with Gasteiger partial charge >= 0.3 is 0 Å². The van der Waals surface area contributed by atoms with Gasteiger partial charge in [0.05, 0.1) is 11.4 Å². The fourth-order valence-electron chi connectivity index (χ4n) is 1.99. The minimum Gasteiger partial charge on any atom is -0.302 e. The van der Waals surface area contributed by atoms with Crippen LogP contribution in [0.5, 0.6) is 0 Å². The summed E-state index contributed by atoms with van der Waals surface area (Å²) in [5.41, 5.74) is 3.76. The smallest absolute Gasteiger partial charge is 0.0651 e. The van der Waals surface area contributed by atoms with Gasteiger partial charge in [0.1, 0.15) is 0 Å². The van der Waals surface area contributed by atoms with Crippen molar-refractivity contribution in [2.45, 2.75) is 13.3 Å². The van der Waals surface area contributed by atoms with Crippen molar-refractivity contribution in [3.05, 3.63) is 23.5 Å². The van der Waals surface area contributed by atoms with E-state index in [1.54, 1.807) is 0 Å². The van der Waals surface area contributed by atoms with Gasteiger partial charge < -0.3 is 4.90 Å². The lowest BCUT2D eigenvalue weighted by atomic mass is 10.1. The van der Waals surface area contributed by atoms with E-state index in [-0.39, 0.29) is 0 Å². The largest absolute Gasteiger partial charge is 0.302 e. The van der Waals surface area contributed by atoms with Crippen molar-refractivity contribution >= 4 is 5.57 Å². The van der Waals surface area contributed by atoms with Gasteiger partial charge in [-0.3, -0.25) is 4.68 Å². The lowest BCUT2D eigenvalue weighted by Gasteiger charge is -2.22. The number of aryl methyl sites for hydroxylation is 2. The molecular weight excluding hydrogens is 174 g/mol. The highest BCUT2D eigenvalue weighted by Crippen LogP contribution is 2.19. The number of likely N-dealkylation sites (N-methyl/N-ethyl adjacent to an activating group) is 1. The average molecular weight is 191 g/mol. The molecule has 0 radical (unpaired) electrons. The van der Waals surface area contributed by atoms with Crippen LogP contribution in [0.25, 0.3) is 5.57 Å². The van der Waals surface area contributed by atoms with Gasteiger partial charge in [-0.2, -0.15) is 5.10 Å². The first-order chi connectivity index (χ1) is 6.66. The van der Waals surface area contributed by atoms with Gasteiger partial charge in [-0.15, -0.1) is 0 Å². The summed E-state index contributed by atoms with van der Waals surface area (Å²) in [5, 5.41) is 4.37. The first-order valence-electron chi connectivity index (χ1n) is 5.05. The van der Waals surface area contributed by atoms with E-state index in [1.165, 1.54) is 17.8 Å². The molecule has 0 saturated carbocycles. The first-order valence-corrected chi connectivity index (χ1v) is 5.05. The monoisotopic (exact) mass is 191 g/mol. The zero-order valence-corrected chi connectivity index (χ0v) is 9.12. The SMILES string of the molecule is Cc1cc(C2=CCCN(C)C2)n(C)n1. The van der Waals surface area contributed by atoms with E-state index >= 15 is 0 Å². The molecule has 3 nitrogen and oxygen atoms in total. The van der Waals surface area contributed by atoms with Gasteiger partial charge in [-0.25, -0.2) is 0 Å². The van der Waals surface area contributed by atoms with Crippen LogP contribution in [0.15, 0.2) is 12.1 Å². The molecule has 1 aromatic heterocycles. The molecule has 0 amide bonds. The Morgan fingerprint density at radius 2 is 2.14 bits per heavy atom. The average Bonchev–Trinajstić information content (AvgIpc) is 2.45. The Kier molecular flexibility index (Phi) is 2.42. The van der Waals surface area contributed by atoms with E-state index in [0.717, 1.165) is 18.7 Å². The standard InChI is InChI=1S/C11H17N3/c1-9-7-11(14(3)12-9)10-5-4-6-13(2)8-10/h5,7H,4,6,8H2,1-3H3. The van der Waals surface area contributed by atoms with Crippen LogP contribution in [0.2, 0.25) is 0 Å². The minimum atomic E-state index is 1.04. The van der Waals surface area contributed by atoms with Crippen molar-refractivity contribution in [3.63, 3.8) is 0 Å². The Morgan fingerprint density at radius 3 is 2.71 bits per heavy atom. The molecule has 0 aliphatic carbocycles. The Morgan fingerprint density at radius 1 is 1.36 bits per heavy atom. The summed E-state index contributed by atoms with van der Waals surface area (Å²) in [6.45, 7) is 4.25. The Bertz CT molecular complexity index is 363. The van der Waals surface area contributed by atoms with Gasteiger partial charge in [-0.1, -0.05) is 6.08 Å². The minimum absolute atomic E-state index is 1.04. The molecule has 1 aliphatic rings. The zero-order chi connectivity index (χ0) is 10.1. The summed E-state index contributed by atoms with van der Waals surface area (Å²) in [5.74, 6) is 0. The molecule has 0 unspecified atom stereocenters. The van der Waals surface area contributed by atoms with Crippen LogP contribution in [-0.4, -0.2) is 34.8 Å². The van der Waals surface area contributed by atoms with Crippen molar-refractivity contribution in [3.8, 4) is 0 Å². The fourth-order valence-corrected chi connectivity index (χ4v) is 1.99. The predicted octanol–water partition coefficient (Wildman–Crippen LogP) is 1.45. The molecule has 14 heavy (non-hydrogen) atoms. The van der Waals surface area contributed by atoms with Gasteiger partial charge in [0.2, 0.25) is 0 Å². The summed E-state index contributed by atoms with van der Waals surface area (Å²) in [6.07, 6.45) is 3.48. The van der Waals surface area contributed by atoms with E-state index in [9.17, 15) is 0 Å². The van der Waals surface area contributed by atoms with Crippen molar-refractivity contribution in [2.75, 3.05) is 20.1 Å². The molecule has 76 valence electrons. The number of rotatable bonds is 1. The maximum atomic E-state index is 4.37. The van der Waals surface area contributed by atoms with Crippen molar-refractivity contribution in [1.29, 1.82) is 0 Å². The molecule has 3 heteroatoms. The normalized spacial score (nSPS) is 18.4. The van der Waals surface area contributed by atoms with Crippen molar-refractivity contribution in [1.82, 2.24) is 14.7 Å². The summed E-state index contributed by atoms with van der Waals surface area (Å²) in [6, 6.07) is 2.16. The highest BCUT2D eigenvalue weighted by atomic mass is 15.3. The molecule has 1 aliphatic heterocycles. The van der Waals surface area contributed by atoms with Crippen LogP contribution in [0.1, 0.15) is 17.8 Å². The second kappa shape index (κ2) is 3.58. The van der Waals surface area contributed by atoms with Gasteiger partial charge in [0.25, 0.3) is 0 Å². The molecule has 0 saturated heterocycles. The topological polar surface area (TPSA) is 21.1 Å². The highest BCUT2D eigenvalue weighted by molar-refractivity contribution is 5.65. The van der Waals surface area contributed by atoms with Gasteiger partial charge in [0.15, 0.2) is 0 Å². The lowest BCUT2D eigenvalue weighted by molar-refractivity contribution is 0.372. The fraction of sp³-hybridized carbons (Fsp3) is 0.545. The van der Waals surface area contributed by atoms with E-state index in [4.69, 9.17) is 0 Å². The highest BCUT2D eigenvalue weighted by Gasteiger charge is 2.13. The van der Waals surface area contributed by atoms with Crippen LogP contribution >= 0.6 is 0 Å². The molecule has 2 rings (SSSR count). The lowest BCUT2D eigenvalue weighted by Crippen LogP contribution is -2.25. The van der Waals surface area contributed by atoms with Crippen LogP contribution in [-0.2, 0) is 7.05 Å². The molecule has 0 N–H and O–H groups in total. The first kappa shape index (κ1) is 9.46. The summed E-state index contributed by atoms with van der Waals surface area (Å²) < 4.78 is 1.97. The molecule has 0 fully saturated rings. The van der Waals surface area contributed by atoms with Crippen LogP contribution in [0.3, 0.4) is 0 Å². The molecule has 0 atom stereocenters. The summed E-state index contributed by atoms with van der Waals surface area (Å²) in [7, 11) is 4.17. The molecule has 2 heterocycles. The number of nitrogens with zero attached hydrogens (tertiary/aromatic N) is 3. The zero-order valence-electron chi connectivity index (χ0n) is 9.12. The Labute approximate surface area is 85.0 Å². The third kappa shape index (κ3) is 1.73. The summed E-state index contributed by atoms with van der Waals surface area (Å²) >= 11 is 0. The molecule has 0 bridgehead atoms. The van der Waals surface area contributed by atoms with Gasteiger partial charge in [-0.05, 0) is 32.0 Å². The van der Waals surface area contributed by atoms with Gasteiger partial charge in [0, 0.05) is 20.1 Å². The van der Waals surface area contributed by atoms with Crippen LogP contribution in [0, 0.1) is 6.92 Å². The Balaban J connectivity index is 2.30. The van der Waals surface area contributed by atoms with E-state index < -0.39 is 0 Å². The third-order valence-corrected chi connectivity index (χ3v) is 2.67. The van der Waals surface area contributed by atoms with E-state index in [0.29, 0.717) is 0 Å².